The minimum Gasteiger partial charge on any atom is -0.508 e. The molecule has 21 heavy (non-hydrogen) atoms. The molecule has 0 aliphatic carbocycles. The zero-order chi connectivity index (χ0) is 15.6. The van der Waals surface area contributed by atoms with E-state index in [2.05, 4.69) is 4.72 Å². The van der Waals surface area contributed by atoms with Crippen LogP contribution in [0.5, 0.6) is 5.75 Å². The van der Waals surface area contributed by atoms with Gasteiger partial charge < -0.3 is 5.11 Å². The van der Waals surface area contributed by atoms with Crippen LogP contribution in [-0.2, 0) is 10.0 Å². The fourth-order valence-corrected chi connectivity index (χ4v) is 3.43. The van der Waals surface area contributed by atoms with Crippen LogP contribution in [0, 0.1) is 18.3 Å². The van der Waals surface area contributed by atoms with Crippen LogP contribution in [-0.4, -0.2) is 13.5 Å². The first-order valence-electron chi connectivity index (χ1n) is 5.85. The van der Waals surface area contributed by atoms with Gasteiger partial charge in [-0.1, -0.05) is 11.6 Å². The van der Waals surface area contributed by atoms with E-state index in [9.17, 15) is 13.5 Å². The lowest BCUT2D eigenvalue weighted by Gasteiger charge is -2.12. The van der Waals surface area contributed by atoms with E-state index >= 15 is 0 Å². The molecule has 0 atom stereocenters. The summed E-state index contributed by atoms with van der Waals surface area (Å²) in [6, 6.07) is 10.1. The average molecular weight is 323 g/mol. The van der Waals surface area contributed by atoms with Crippen molar-refractivity contribution in [1.29, 1.82) is 5.26 Å². The van der Waals surface area contributed by atoms with Crippen LogP contribution in [0.25, 0.3) is 0 Å². The Labute approximate surface area is 127 Å². The molecule has 0 aromatic heterocycles. The van der Waals surface area contributed by atoms with Gasteiger partial charge in [0, 0.05) is 0 Å². The fourth-order valence-electron chi connectivity index (χ4n) is 1.75. The molecule has 108 valence electrons. The molecule has 2 aromatic carbocycles. The number of nitrogens with one attached hydrogen (secondary N) is 1. The number of rotatable bonds is 3. The average Bonchev–Trinajstić information content (AvgIpc) is 2.41. The molecule has 0 bridgehead atoms. The summed E-state index contributed by atoms with van der Waals surface area (Å²) in [4.78, 5) is -0.115. The van der Waals surface area contributed by atoms with Crippen LogP contribution in [0.15, 0.2) is 41.3 Å². The molecule has 0 spiro atoms. The predicted octanol–water partition coefficient (Wildman–Crippen LogP) is 3.03. The topological polar surface area (TPSA) is 90.2 Å². The Morgan fingerprint density at radius 1 is 1.24 bits per heavy atom. The molecule has 5 nitrogen and oxygen atoms in total. The van der Waals surface area contributed by atoms with Crippen LogP contribution < -0.4 is 4.72 Å². The van der Waals surface area contributed by atoms with Gasteiger partial charge >= 0.3 is 0 Å². The number of benzene rings is 2. The minimum absolute atomic E-state index is 0.0296. The Kier molecular flexibility index (Phi) is 4.07. The molecule has 7 heteroatoms. The van der Waals surface area contributed by atoms with Gasteiger partial charge in [0.2, 0.25) is 0 Å². The first-order chi connectivity index (χ1) is 9.83. The molecule has 2 rings (SSSR count). The number of halogens is 1. The Morgan fingerprint density at radius 3 is 2.52 bits per heavy atom. The third-order valence-corrected chi connectivity index (χ3v) is 4.65. The van der Waals surface area contributed by atoms with E-state index in [1.807, 2.05) is 6.07 Å². The van der Waals surface area contributed by atoms with Crippen molar-refractivity contribution < 1.29 is 13.5 Å². The number of hydrogen-bond donors (Lipinski definition) is 2. The molecule has 0 aliphatic rings. The van der Waals surface area contributed by atoms with Gasteiger partial charge in [-0.05, 0) is 48.9 Å². The van der Waals surface area contributed by atoms with E-state index in [-0.39, 0.29) is 21.2 Å². The van der Waals surface area contributed by atoms with Gasteiger partial charge in [0.25, 0.3) is 10.0 Å². The number of hydrogen-bond acceptors (Lipinski definition) is 4. The maximum Gasteiger partial charge on any atom is 0.263 e. The molecule has 0 radical (unpaired) electrons. The molecule has 0 fully saturated rings. The molecule has 0 heterocycles. The maximum atomic E-state index is 12.3. The van der Waals surface area contributed by atoms with E-state index in [4.69, 9.17) is 16.9 Å². The van der Waals surface area contributed by atoms with Crippen LogP contribution in [0.2, 0.25) is 5.02 Å². The smallest absolute Gasteiger partial charge is 0.263 e. The van der Waals surface area contributed by atoms with E-state index < -0.39 is 10.0 Å². The van der Waals surface area contributed by atoms with E-state index in [0.717, 1.165) is 0 Å². The molecular formula is C14H11ClN2O3S. The number of aryl methyl sites for hydroxylation is 1. The molecule has 0 aliphatic heterocycles. The number of sulfonamides is 1. The van der Waals surface area contributed by atoms with Crippen molar-refractivity contribution in [3.8, 4) is 11.8 Å². The van der Waals surface area contributed by atoms with Crippen molar-refractivity contribution in [2.24, 2.45) is 0 Å². The van der Waals surface area contributed by atoms with Crippen molar-refractivity contribution in [3.63, 3.8) is 0 Å². The second-order valence-electron chi connectivity index (χ2n) is 4.36. The first kappa shape index (κ1) is 15.2. The molecule has 0 unspecified atom stereocenters. The Balaban J connectivity index is 2.41. The predicted molar refractivity (Wildman–Crippen MR) is 79.8 cm³/mol. The van der Waals surface area contributed by atoms with Gasteiger partial charge in [0.1, 0.15) is 10.6 Å². The van der Waals surface area contributed by atoms with Crippen LogP contribution in [0.4, 0.5) is 5.69 Å². The van der Waals surface area contributed by atoms with E-state index in [0.29, 0.717) is 11.3 Å². The van der Waals surface area contributed by atoms with Gasteiger partial charge in [0.05, 0.1) is 22.3 Å². The summed E-state index contributed by atoms with van der Waals surface area (Å²) in [7, 11) is -3.88. The highest BCUT2D eigenvalue weighted by Crippen LogP contribution is 2.27. The lowest BCUT2D eigenvalue weighted by Crippen LogP contribution is -2.14. The SMILES string of the molecule is Cc1cc(O)ccc1NS(=O)(=O)c1ccc(C#N)cc1Cl. The van der Waals surface area contributed by atoms with E-state index in [1.165, 1.54) is 36.4 Å². The zero-order valence-corrected chi connectivity index (χ0v) is 12.5. The zero-order valence-electron chi connectivity index (χ0n) is 11.0. The summed E-state index contributed by atoms with van der Waals surface area (Å²) < 4.78 is 27.0. The summed E-state index contributed by atoms with van der Waals surface area (Å²) in [5.74, 6) is 0.0480. The molecule has 0 saturated heterocycles. The van der Waals surface area contributed by atoms with Crippen molar-refractivity contribution in [1.82, 2.24) is 0 Å². The summed E-state index contributed by atoms with van der Waals surface area (Å²) >= 11 is 5.91. The monoisotopic (exact) mass is 322 g/mol. The van der Waals surface area contributed by atoms with Crippen LogP contribution in [0.1, 0.15) is 11.1 Å². The number of nitrogens with zero attached hydrogens (tertiary/aromatic N) is 1. The standard InChI is InChI=1S/C14H11ClN2O3S/c1-9-6-11(18)3-4-13(9)17-21(19,20)14-5-2-10(8-16)7-12(14)15/h2-7,17-18H,1H3. The number of phenolic OH excluding ortho intramolecular Hbond substituents is 1. The molecule has 2 N–H and O–H groups in total. The van der Waals surface area contributed by atoms with Crippen molar-refractivity contribution in [2.75, 3.05) is 4.72 Å². The third-order valence-electron chi connectivity index (χ3n) is 2.80. The van der Waals surface area contributed by atoms with Gasteiger partial charge in [0.15, 0.2) is 0 Å². The highest BCUT2D eigenvalue weighted by Gasteiger charge is 2.19. The van der Waals surface area contributed by atoms with Crippen LogP contribution >= 0.6 is 11.6 Å². The summed E-state index contributed by atoms with van der Waals surface area (Å²) in [5, 5.41) is 18.1. The lowest BCUT2D eigenvalue weighted by molar-refractivity contribution is 0.475. The van der Waals surface area contributed by atoms with Gasteiger partial charge in [-0.15, -0.1) is 0 Å². The van der Waals surface area contributed by atoms with E-state index in [1.54, 1.807) is 6.92 Å². The Morgan fingerprint density at radius 2 is 1.95 bits per heavy atom. The first-order valence-corrected chi connectivity index (χ1v) is 7.71. The number of nitriles is 1. The fraction of sp³-hybridized carbons (Fsp3) is 0.0714. The van der Waals surface area contributed by atoms with Gasteiger partial charge in [-0.25, -0.2) is 8.42 Å². The Bertz CT molecular complexity index is 842. The quantitative estimate of drug-likeness (QED) is 0.850. The second-order valence-corrected chi connectivity index (χ2v) is 6.42. The summed E-state index contributed by atoms with van der Waals surface area (Å²) in [6.07, 6.45) is 0. The normalized spacial score (nSPS) is 10.9. The third kappa shape index (κ3) is 3.27. The van der Waals surface area contributed by atoms with Gasteiger partial charge in [-0.2, -0.15) is 5.26 Å². The Hall–Kier alpha value is -2.23. The number of aromatic hydroxyl groups is 1. The van der Waals surface area contributed by atoms with Crippen LogP contribution in [0.3, 0.4) is 0 Å². The highest BCUT2D eigenvalue weighted by molar-refractivity contribution is 7.92. The molecule has 2 aromatic rings. The van der Waals surface area contributed by atoms with Crippen molar-refractivity contribution in [3.05, 3.63) is 52.5 Å². The minimum atomic E-state index is -3.88. The molecule has 0 saturated carbocycles. The largest absolute Gasteiger partial charge is 0.508 e. The van der Waals surface area contributed by atoms with Crippen molar-refractivity contribution in [2.45, 2.75) is 11.8 Å². The molecule has 0 amide bonds. The lowest BCUT2D eigenvalue weighted by atomic mass is 10.2. The maximum absolute atomic E-state index is 12.3. The summed E-state index contributed by atoms with van der Waals surface area (Å²) in [5.41, 5.74) is 1.19. The van der Waals surface area contributed by atoms with Gasteiger partial charge in [-0.3, -0.25) is 4.72 Å². The molecular weight excluding hydrogens is 312 g/mol. The van der Waals surface area contributed by atoms with Crippen molar-refractivity contribution >= 4 is 27.3 Å². The summed E-state index contributed by atoms with van der Waals surface area (Å²) in [6.45, 7) is 1.66. The number of anilines is 1. The number of phenols is 1. The highest BCUT2D eigenvalue weighted by atomic mass is 35.5. The second kappa shape index (κ2) is 5.64.